The number of alkyl halides is 3. The molecule has 0 unspecified atom stereocenters. The average molecular weight is 555 g/mol. The molecule has 1 aromatic carbocycles. The van der Waals surface area contributed by atoms with Crippen LogP contribution in [0.3, 0.4) is 0 Å². The number of aromatic nitrogens is 4. The van der Waals surface area contributed by atoms with Gasteiger partial charge in [0.1, 0.15) is 6.42 Å². The molecule has 0 spiro atoms. The minimum Gasteiger partial charge on any atom is -0.443 e. The summed E-state index contributed by atoms with van der Waals surface area (Å²) in [5.41, 5.74) is 2.28. The lowest BCUT2D eigenvalue weighted by Gasteiger charge is -2.18. The normalized spacial score (nSPS) is 11.6. The first kappa shape index (κ1) is 26.1. The number of aryl methyl sites for hydroxylation is 2. The molecule has 9 nitrogen and oxygen atoms in total. The van der Waals surface area contributed by atoms with Crippen LogP contribution in [0.4, 0.5) is 24.8 Å². The number of hydrogen-bond donors (Lipinski definition) is 1. The number of carbonyl (C=O) groups is 2. The summed E-state index contributed by atoms with van der Waals surface area (Å²) >= 11 is 1.23. The molecule has 0 saturated carbocycles. The number of benzene rings is 1. The minimum absolute atomic E-state index is 0.251. The fourth-order valence-electron chi connectivity index (χ4n) is 3.96. The number of fused-ring (bicyclic) bond motifs is 1. The molecule has 0 saturated heterocycles. The van der Waals surface area contributed by atoms with E-state index in [-0.39, 0.29) is 17.5 Å². The third-order valence-corrected chi connectivity index (χ3v) is 7.02. The van der Waals surface area contributed by atoms with Crippen LogP contribution in [0.2, 0.25) is 0 Å². The number of oxazole rings is 1. The van der Waals surface area contributed by atoms with Crippen LogP contribution in [0.5, 0.6) is 0 Å². The summed E-state index contributed by atoms with van der Waals surface area (Å²) in [6.07, 6.45) is 0.681. The zero-order chi connectivity index (χ0) is 27.6. The van der Waals surface area contributed by atoms with E-state index >= 15 is 0 Å². The molecule has 0 bridgehead atoms. The zero-order valence-electron chi connectivity index (χ0n) is 20.5. The first-order chi connectivity index (χ1) is 18.7. The number of carbonyl (C=O) groups excluding carboxylic acids is 2. The highest BCUT2D eigenvalue weighted by atomic mass is 32.1. The highest BCUT2D eigenvalue weighted by molar-refractivity contribution is 7.17. The highest BCUT2D eigenvalue weighted by Crippen LogP contribution is 2.30. The number of thiophene rings is 1. The van der Waals surface area contributed by atoms with Crippen molar-refractivity contribution in [2.24, 2.45) is 0 Å². The third-order valence-electron chi connectivity index (χ3n) is 5.92. The molecule has 13 heteroatoms. The third kappa shape index (κ3) is 5.98. The number of nitrogens with one attached hydrogen (secondary N) is 1. The number of hydrogen-bond acceptors (Lipinski definition) is 7. The minimum atomic E-state index is -4.62. The number of imidazole rings is 1. The molecule has 4 heterocycles. The second-order valence-electron chi connectivity index (χ2n) is 8.60. The van der Waals surface area contributed by atoms with Gasteiger partial charge in [0.05, 0.1) is 27.0 Å². The topological polar surface area (TPSA) is 106 Å². The van der Waals surface area contributed by atoms with Crippen LogP contribution >= 0.6 is 11.3 Å². The molecule has 0 radical (unpaired) electrons. The number of pyridine rings is 1. The second kappa shape index (κ2) is 10.7. The Balaban J connectivity index is 1.45. The maximum absolute atomic E-state index is 13.1. The van der Waals surface area contributed by atoms with Crippen LogP contribution in [0.1, 0.15) is 21.7 Å². The van der Waals surface area contributed by atoms with Crippen molar-refractivity contribution in [1.82, 2.24) is 19.5 Å². The van der Waals surface area contributed by atoms with Gasteiger partial charge in [-0.25, -0.2) is 9.97 Å². The van der Waals surface area contributed by atoms with Crippen molar-refractivity contribution in [3.8, 4) is 10.6 Å². The lowest BCUT2D eigenvalue weighted by atomic mass is 10.2. The summed E-state index contributed by atoms with van der Waals surface area (Å²) in [7, 11) is 1.28. The van der Waals surface area contributed by atoms with E-state index in [0.29, 0.717) is 34.6 Å². The van der Waals surface area contributed by atoms with E-state index in [0.717, 1.165) is 15.3 Å². The molecule has 5 aromatic rings. The number of amides is 2. The van der Waals surface area contributed by atoms with Crippen molar-refractivity contribution in [3.05, 3.63) is 77.9 Å². The maximum atomic E-state index is 13.1. The fourth-order valence-corrected chi connectivity index (χ4v) is 4.82. The van der Waals surface area contributed by atoms with Gasteiger partial charge in [0, 0.05) is 31.7 Å². The molecule has 0 aliphatic heterocycles. The Morgan fingerprint density at radius 1 is 1.13 bits per heavy atom. The standard InChI is InChI=1S/C26H21F3N6O3S/c1-34(23(36)12-26(27,28)29)17-4-5-19-18(11-17)32-25(35(19)10-8-16-3-2-9-30-13-16)33-24(37)22-7-6-21(39-22)20-14-31-15-38-20/h2-7,9,11,13-15H,8,10,12H2,1H3,(H,32,33,37). The summed E-state index contributed by atoms with van der Waals surface area (Å²) in [6, 6.07) is 11.9. The lowest BCUT2D eigenvalue weighted by molar-refractivity contribution is -0.151. The van der Waals surface area contributed by atoms with E-state index in [2.05, 4.69) is 20.3 Å². The Kier molecular flexibility index (Phi) is 7.15. The van der Waals surface area contributed by atoms with Crippen molar-refractivity contribution in [2.75, 3.05) is 17.3 Å². The van der Waals surface area contributed by atoms with Gasteiger partial charge in [-0.05, 0) is 48.4 Å². The van der Waals surface area contributed by atoms with Gasteiger partial charge in [-0.2, -0.15) is 13.2 Å². The summed E-state index contributed by atoms with van der Waals surface area (Å²) in [6.45, 7) is 0.438. The molecule has 0 atom stereocenters. The summed E-state index contributed by atoms with van der Waals surface area (Å²) in [4.78, 5) is 39.9. The smallest absolute Gasteiger partial charge is 0.397 e. The van der Waals surface area contributed by atoms with Gasteiger partial charge < -0.3 is 13.9 Å². The van der Waals surface area contributed by atoms with E-state index in [1.807, 2.05) is 16.7 Å². The summed E-state index contributed by atoms with van der Waals surface area (Å²) < 4.78 is 45.3. The number of anilines is 2. The quantitative estimate of drug-likeness (QED) is 0.269. The Hall–Kier alpha value is -4.52. The van der Waals surface area contributed by atoms with Crippen LogP contribution in [0.25, 0.3) is 21.7 Å². The Labute approximate surface area is 223 Å². The number of nitrogens with zero attached hydrogens (tertiary/aromatic N) is 5. The molecule has 0 aliphatic rings. The first-order valence-corrected chi connectivity index (χ1v) is 12.5. The molecule has 4 aromatic heterocycles. The van der Waals surface area contributed by atoms with Crippen molar-refractivity contribution >= 4 is 45.8 Å². The van der Waals surface area contributed by atoms with Crippen LogP contribution in [-0.2, 0) is 17.8 Å². The predicted octanol–water partition coefficient (Wildman–Crippen LogP) is 5.56. The van der Waals surface area contributed by atoms with E-state index in [1.54, 1.807) is 42.9 Å². The molecule has 200 valence electrons. The predicted molar refractivity (Wildman–Crippen MR) is 140 cm³/mol. The molecule has 39 heavy (non-hydrogen) atoms. The molecule has 1 N–H and O–H groups in total. The van der Waals surface area contributed by atoms with E-state index in [9.17, 15) is 22.8 Å². The molecular formula is C26H21F3N6O3S. The summed E-state index contributed by atoms with van der Waals surface area (Å²) in [5, 5.41) is 2.85. The van der Waals surface area contributed by atoms with Crippen molar-refractivity contribution in [2.45, 2.75) is 25.6 Å². The Morgan fingerprint density at radius 3 is 2.69 bits per heavy atom. The lowest BCUT2D eigenvalue weighted by Crippen LogP contribution is -2.30. The van der Waals surface area contributed by atoms with Gasteiger partial charge in [0.2, 0.25) is 11.9 Å². The highest BCUT2D eigenvalue weighted by Gasteiger charge is 2.33. The van der Waals surface area contributed by atoms with Gasteiger partial charge in [0.25, 0.3) is 5.91 Å². The monoisotopic (exact) mass is 554 g/mol. The molecular weight excluding hydrogens is 533 g/mol. The summed E-state index contributed by atoms with van der Waals surface area (Å²) in [5.74, 6) is -0.678. The van der Waals surface area contributed by atoms with Crippen LogP contribution in [-0.4, -0.2) is 44.6 Å². The Bertz CT molecular complexity index is 1610. The number of halogens is 3. The van der Waals surface area contributed by atoms with Crippen LogP contribution < -0.4 is 10.2 Å². The number of rotatable bonds is 8. The molecule has 5 rings (SSSR count). The largest absolute Gasteiger partial charge is 0.443 e. The van der Waals surface area contributed by atoms with Crippen LogP contribution in [0, 0.1) is 0 Å². The van der Waals surface area contributed by atoms with Gasteiger partial charge in [0.15, 0.2) is 12.2 Å². The Morgan fingerprint density at radius 2 is 1.97 bits per heavy atom. The fraction of sp³-hybridized carbons (Fsp3) is 0.192. The average Bonchev–Trinajstić information content (AvgIpc) is 3.66. The van der Waals surface area contributed by atoms with E-state index in [1.165, 1.54) is 30.8 Å². The van der Waals surface area contributed by atoms with Gasteiger partial charge in [-0.15, -0.1) is 11.3 Å². The maximum Gasteiger partial charge on any atom is 0.397 e. The van der Waals surface area contributed by atoms with E-state index in [4.69, 9.17) is 4.42 Å². The van der Waals surface area contributed by atoms with Gasteiger partial charge >= 0.3 is 6.18 Å². The van der Waals surface area contributed by atoms with Gasteiger partial charge in [-0.1, -0.05) is 6.07 Å². The van der Waals surface area contributed by atoms with E-state index < -0.39 is 18.5 Å². The zero-order valence-corrected chi connectivity index (χ0v) is 21.3. The first-order valence-electron chi connectivity index (χ1n) is 11.7. The van der Waals surface area contributed by atoms with Crippen LogP contribution in [0.15, 0.2) is 71.9 Å². The van der Waals surface area contributed by atoms with Crippen molar-refractivity contribution in [3.63, 3.8) is 0 Å². The van der Waals surface area contributed by atoms with Crippen molar-refractivity contribution in [1.29, 1.82) is 0 Å². The van der Waals surface area contributed by atoms with Crippen molar-refractivity contribution < 1.29 is 27.2 Å². The van der Waals surface area contributed by atoms with Gasteiger partial charge in [-0.3, -0.25) is 19.9 Å². The molecule has 0 aliphatic carbocycles. The SMILES string of the molecule is CN(C(=O)CC(F)(F)F)c1ccc2c(c1)nc(NC(=O)c1ccc(-c3cnco3)s1)n2CCc1cccnc1. The second-order valence-corrected chi connectivity index (χ2v) is 9.68. The molecule has 2 amide bonds. The molecule has 0 fully saturated rings.